The van der Waals surface area contributed by atoms with Crippen LogP contribution in [0.1, 0.15) is 35.6 Å². The van der Waals surface area contributed by atoms with Gasteiger partial charge in [-0.25, -0.2) is 9.48 Å². The second-order valence-corrected chi connectivity index (χ2v) is 5.51. The maximum absolute atomic E-state index is 11.2. The zero-order valence-corrected chi connectivity index (χ0v) is 12.1. The van der Waals surface area contributed by atoms with Gasteiger partial charge < -0.3 is 5.11 Å². The highest BCUT2D eigenvalue weighted by atomic mass is 35.5. The number of carboxylic acid groups (broad SMARTS) is 1. The van der Waals surface area contributed by atoms with Crippen LogP contribution in [0.15, 0.2) is 24.3 Å². The summed E-state index contributed by atoms with van der Waals surface area (Å²) in [5, 5.41) is 17.6. The molecule has 0 amide bonds. The van der Waals surface area contributed by atoms with Crippen LogP contribution in [0.2, 0.25) is 5.02 Å². The van der Waals surface area contributed by atoms with Crippen molar-refractivity contribution in [3.63, 3.8) is 0 Å². The van der Waals surface area contributed by atoms with Crippen molar-refractivity contribution in [2.45, 2.75) is 26.8 Å². The normalized spacial score (nSPS) is 11.0. The fraction of sp³-hybridized carbons (Fsp3) is 0.357. The Hall–Kier alpha value is -1.88. The van der Waals surface area contributed by atoms with Gasteiger partial charge in [0.05, 0.1) is 5.69 Å². The van der Waals surface area contributed by atoms with Crippen LogP contribution in [0.25, 0.3) is 0 Å². The quantitative estimate of drug-likeness (QED) is 0.920. The number of aromatic nitrogens is 3. The van der Waals surface area contributed by atoms with E-state index in [2.05, 4.69) is 10.3 Å². The first-order valence-corrected chi connectivity index (χ1v) is 6.75. The van der Waals surface area contributed by atoms with Gasteiger partial charge in [0.25, 0.3) is 0 Å². The molecule has 0 fully saturated rings. The van der Waals surface area contributed by atoms with Crippen LogP contribution >= 0.6 is 11.6 Å². The summed E-state index contributed by atoms with van der Waals surface area (Å²) in [7, 11) is 0. The molecule has 2 rings (SSSR count). The van der Waals surface area contributed by atoms with Crippen LogP contribution in [0, 0.1) is 5.92 Å². The van der Waals surface area contributed by atoms with Crippen LogP contribution in [0.3, 0.4) is 0 Å². The summed E-state index contributed by atoms with van der Waals surface area (Å²) in [6, 6.07) is 7.32. The van der Waals surface area contributed by atoms with E-state index >= 15 is 0 Å². The van der Waals surface area contributed by atoms with E-state index in [0.29, 0.717) is 29.6 Å². The van der Waals surface area contributed by atoms with Crippen molar-refractivity contribution in [1.82, 2.24) is 15.0 Å². The van der Waals surface area contributed by atoms with Gasteiger partial charge in [0.2, 0.25) is 0 Å². The molecule has 0 radical (unpaired) electrons. The Morgan fingerprint density at radius 3 is 2.55 bits per heavy atom. The molecule has 1 heterocycles. The average molecular weight is 294 g/mol. The molecule has 1 N–H and O–H groups in total. The third-order valence-corrected chi connectivity index (χ3v) is 3.12. The van der Waals surface area contributed by atoms with Crippen LogP contribution in [0.4, 0.5) is 0 Å². The van der Waals surface area contributed by atoms with Crippen LogP contribution in [-0.4, -0.2) is 26.1 Å². The van der Waals surface area contributed by atoms with Crippen LogP contribution in [0.5, 0.6) is 0 Å². The molecular formula is C14H16ClN3O2. The van der Waals surface area contributed by atoms with Crippen molar-refractivity contribution in [3.8, 4) is 0 Å². The molecule has 20 heavy (non-hydrogen) atoms. The van der Waals surface area contributed by atoms with Crippen molar-refractivity contribution in [2.24, 2.45) is 5.92 Å². The van der Waals surface area contributed by atoms with Gasteiger partial charge in [0.1, 0.15) is 0 Å². The molecule has 2 aromatic rings. The molecule has 1 aromatic carbocycles. The summed E-state index contributed by atoms with van der Waals surface area (Å²) in [5.74, 6) is -0.689. The Bertz CT molecular complexity index is 605. The molecule has 0 atom stereocenters. The van der Waals surface area contributed by atoms with E-state index in [9.17, 15) is 9.90 Å². The fourth-order valence-electron chi connectivity index (χ4n) is 1.96. The Kier molecular flexibility index (Phi) is 4.39. The third kappa shape index (κ3) is 3.36. The molecule has 6 heteroatoms. The minimum atomic E-state index is -1.05. The predicted octanol–water partition coefficient (Wildman–Crippen LogP) is 2.88. The highest BCUT2D eigenvalue weighted by Gasteiger charge is 2.19. The summed E-state index contributed by atoms with van der Waals surface area (Å²) < 4.78 is 1.67. The van der Waals surface area contributed by atoms with Crippen molar-refractivity contribution in [2.75, 3.05) is 0 Å². The number of hydrogen-bond donors (Lipinski definition) is 1. The number of benzene rings is 1. The lowest BCUT2D eigenvalue weighted by Crippen LogP contribution is -2.12. The van der Waals surface area contributed by atoms with Crippen molar-refractivity contribution < 1.29 is 9.90 Å². The first-order valence-electron chi connectivity index (χ1n) is 6.37. The van der Waals surface area contributed by atoms with Crippen LogP contribution in [-0.2, 0) is 13.0 Å². The SMILES string of the molecule is CC(C)Cn1nnc(C(=O)O)c1Cc1ccc(Cl)cc1. The maximum atomic E-state index is 11.2. The zero-order chi connectivity index (χ0) is 14.7. The summed E-state index contributed by atoms with van der Waals surface area (Å²) in [5.41, 5.74) is 1.61. The third-order valence-electron chi connectivity index (χ3n) is 2.86. The van der Waals surface area contributed by atoms with E-state index in [0.717, 1.165) is 5.56 Å². The number of carbonyl (C=O) groups is 1. The lowest BCUT2D eigenvalue weighted by molar-refractivity contribution is 0.0689. The Balaban J connectivity index is 2.34. The van der Waals surface area contributed by atoms with Gasteiger partial charge in [-0.15, -0.1) is 5.10 Å². The van der Waals surface area contributed by atoms with Gasteiger partial charge in [0, 0.05) is 18.0 Å². The molecule has 0 saturated heterocycles. The van der Waals surface area contributed by atoms with E-state index in [1.54, 1.807) is 16.8 Å². The number of aromatic carboxylic acids is 1. The van der Waals surface area contributed by atoms with E-state index in [1.807, 2.05) is 26.0 Å². The number of rotatable bonds is 5. The Morgan fingerprint density at radius 2 is 2.00 bits per heavy atom. The second kappa shape index (κ2) is 6.05. The molecule has 0 aliphatic rings. The molecule has 0 bridgehead atoms. The van der Waals surface area contributed by atoms with E-state index in [4.69, 9.17) is 11.6 Å². The van der Waals surface area contributed by atoms with Gasteiger partial charge >= 0.3 is 5.97 Å². The van der Waals surface area contributed by atoms with E-state index < -0.39 is 5.97 Å². The molecular weight excluding hydrogens is 278 g/mol. The average Bonchev–Trinajstić information content (AvgIpc) is 2.74. The van der Waals surface area contributed by atoms with E-state index in [-0.39, 0.29) is 5.69 Å². The standard InChI is InChI=1S/C14H16ClN3O2/c1-9(2)8-18-12(13(14(19)20)16-17-18)7-10-3-5-11(15)6-4-10/h3-6,9H,7-8H2,1-2H3,(H,19,20). The van der Waals surface area contributed by atoms with Gasteiger partial charge in [-0.1, -0.05) is 42.8 Å². The van der Waals surface area contributed by atoms with Gasteiger partial charge in [-0.05, 0) is 23.6 Å². The molecule has 0 unspecified atom stereocenters. The number of hydrogen-bond acceptors (Lipinski definition) is 3. The summed E-state index contributed by atoms with van der Waals surface area (Å²) in [6.45, 7) is 4.74. The smallest absolute Gasteiger partial charge is 0.358 e. The first kappa shape index (κ1) is 14.5. The van der Waals surface area contributed by atoms with Gasteiger partial charge in [0.15, 0.2) is 5.69 Å². The largest absolute Gasteiger partial charge is 0.476 e. The fourth-order valence-corrected chi connectivity index (χ4v) is 2.09. The van der Waals surface area contributed by atoms with Crippen molar-refractivity contribution in [3.05, 3.63) is 46.2 Å². The van der Waals surface area contributed by atoms with E-state index in [1.165, 1.54) is 0 Å². The molecule has 0 aliphatic heterocycles. The number of carboxylic acids is 1. The van der Waals surface area contributed by atoms with Gasteiger partial charge in [-0.3, -0.25) is 0 Å². The Labute approximate surface area is 122 Å². The lowest BCUT2D eigenvalue weighted by Gasteiger charge is -2.09. The molecule has 1 aromatic heterocycles. The lowest BCUT2D eigenvalue weighted by atomic mass is 10.1. The Morgan fingerprint density at radius 1 is 1.35 bits per heavy atom. The number of nitrogens with zero attached hydrogens (tertiary/aromatic N) is 3. The molecule has 0 aliphatic carbocycles. The van der Waals surface area contributed by atoms with Gasteiger partial charge in [-0.2, -0.15) is 0 Å². The summed E-state index contributed by atoms with van der Waals surface area (Å²) in [6.07, 6.45) is 0.471. The zero-order valence-electron chi connectivity index (χ0n) is 11.4. The predicted molar refractivity (Wildman–Crippen MR) is 76.1 cm³/mol. The monoisotopic (exact) mass is 293 g/mol. The highest BCUT2D eigenvalue weighted by Crippen LogP contribution is 2.16. The van der Waals surface area contributed by atoms with Crippen molar-refractivity contribution in [1.29, 1.82) is 0 Å². The maximum Gasteiger partial charge on any atom is 0.358 e. The highest BCUT2D eigenvalue weighted by molar-refractivity contribution is 6.30. The molecule has 0 saturated carbocycles. The number of halogens is 1. The molecule has 106 valence electrons. The minimum absolute atomic E-state index is 0.0144. The summed E-state index contributed by atoms with van der Waals surface area (Å²) >= 11 is 5.85. The van der Waals surface area contributed by atoms with Crippen LogP contribution < -0.4 is 0 Å². The minimum Gasteiger partial charge on any atom is -0.476 e. The topological polar surface area (TPSA) is 68.0 Å². The molecule has 0 spiro atoms. The first-order chi connectivity index (χ1) is 9.47. The summed E-state index contributed by atoms with van der Waals surface area (Å²) in [4.78, 5) is 11.2. The molecule has 5 nitrogen and oxygen atoms in total. The second-order valence-electron chi connectivity index (χ2n) is 5.07. The van der Waals surface area contributed by atoms with Crippen molar-refractivity contribution >= 4 is 17.6 Å².